The predicted molar refractivity (Wildman–Crippen MR) is 94.2 cm³/mol. The van der Waals surface area contributed by atoms with Gasteiger partial charge < -0.3 is 9.47 Å². The van der Waals surface area contributed by atoms with Crippen LogP contribution in [0.5, 0.6) is 11.5 Å². The number of aryl methyl sites for hydroxylation is 1. The minimum absolute atomic E-state index is 0.308. The van der Waals surface area contributed by atoms with E-state index in [1.54, 1.807) is 0 Å². The van der Waals surface area contributed by atoms with Crippen molar-refractivity contribution in [2.75, 3.05) is 6.79 Å². The smallest absolute Gasteiger partial charge is 0.231 e. The molecule has 5 nitrogen and oxygen atoms in total. The summed E-state index contributed by atoms with van der Waals surface area (Å²) < 4.78 is 10.9. The average molecular weight is 329 g/mol. The first-order valence-corrected chi connectivity index (χ1v) is 8.52. The predicted octanol–water partition coefficient (Wildman–Crippen LogP) is 3.53. The largest absolute Gasteiger partial charge is 0.454 e. The lowest BCUT2D eigenvalue weighted by Crippen LogP contribution is -2.15. The van der Waals surface area contributed by atoms with Crippen LogP contribution in [0, 0.1) is 0 Å². The highest BCUT2D eigenvalue weighted by atomic mass is 16.7. The molecule has 5 heteroatoms. The molecule has 0 bridgehead atoms. The summed E-state index contributed by atoms with van der Waals surface area (Å²) in [7, 11) is 0. The molecule has 25 heavy (non-hydrogen) atoms. The van der Waals surface area contributed by atoms with Crippen molar-refractivity contribution in [3.63, 3.8) is 0 Å². The van der Waals surface area contributed by atoms with E-state index in [-0.39, 0.29) is 0 Å². The van der Waals surface area contributed by atoms with E-state index < -0.39 is 0 Å². The van der Waals surface area contributed by atoms with E-state index in [9.17, 15) is 0 Å². The van der Waals surface area contributed by atoms with Gasteiger partial charge in [-0.05, 0) is 53.8 Å². The van der Waals surface area contributed by atoms with Gasteiger partial charge in [0.05, 0.1) is 17.2 Å². The van der Waals surface area contributed by atoms with Crippen molar-refractivity contribution in [1.29, 1.82) is 0 Å². The van der Waals surface area contributed by atoms with E-state index in [1.165, 1.54) is 27.8 Å². The maximum absolute atomic E-state index is 5.50. The Labute approximate surface area is 143 Å². The van der Waals surface area contributed by atoms with Gasteiger partial charge in [0.1, 0.15) is 0 Å². The average Bonchev–Trinajstić information content (AvgIpc) is 3.23. The summed E-state index contributed by atoms with van der Waals surface area (Å²) in [5.74, 6) is 1.65. The standard InChI is InChI=1S/C20H15N3O2/c1-6-17-18(25-10-24-17)8-11(1)7-16-13-3-4-14(13)19-15(22-16)5-2-12-9-21-23-20(12)19/h1-2,5-6,8-9H,3-4,7,10H2,(H,21,23). The fraction of sp³-hybridized carbons (Fsp3) is 0.200. The lowest BCUT2D eigenvalue weighted by Gasteiger charge is -2.24. The molecule has 122 valence electrons. The van der Waals surface area contributed by atoms with Gasteiger partial charge in [0.2, 0.25) is 6.79 Å². The highest BCUT2D eigenvalue weighted by Gasteiger charge is 2.24. The minimum Gasteiger partial charge on any atom is -0.454 e. The van der Waals surface area contributed by atoms with E-state index >= 15 is 0 Å². The molecule has 0 fully saturated rings. The van der Waals surface area contributed by atoms with Crippen LogP contribution in [0.25, 0.3) is 21.8 Å². The molecule has 4 aromatic rings. The number of pyridine rings is 1. The number of benzene rings is 2. The first kappa shape index (κ1) is 13.2. The monoisotopic (exact) mass is 329 g/mol. The Balaban J connectivity index is 1.50. The third-order valence-electron chi connectivity index (χ3n) is 5.30. The summed E-state index contributed by atoms with van der Waals surface area (Å²) in [6.07, 6.45) is 4.90. The number of rotatable bonds is 2. The van der Waals surface area contributed by atoms with Crippen molar-refractivity contribution in [3.8, 4) is 11.5 Å². The summed E-state index contributed by atoms with van der Waals surface area (Å²) >= 11 is 0. The molecular formula is C20H15N3O2. The van der Waals surface area contributed by atoms with Crippen LogP contribution in [0.3, 0.4) is 0 Å². The number of aromatic amines is 1. The number of aromatic nitrogens is 3. The number of nitrogens with zero attached hydrogens (tertiary/aromatic N) is 2. The number of nitrogens with one attached hydrogen (secondary N) is 1. The van der Waals surface area contributed by atoms with Gasteiger partial charge in [0, 0.05) is 22.9 Å². The molecule has 2 aliphatic rings. The SMILES string of the molecule is c1cc2c(cc1Cc1nc3ccc4cn[nH]c4c3c3c1CC3)OCO2. The van der Waals surface area contributed by atoms with Crippen LogP contribution in [0.2, 0.25) is 0 Å². The third-order valence-corrected chi connectivity index (χ3v) is 5.30. The first-order valence-electron chi connectivity index (χ1n) is 8.52. The zero-order valence-corrected chi connectivity index (χ0v) is 13.5. The third kappa shape index (κ3) is 1.83. The molecule has 0 spiro atoms. The number of H-pyrrole nitrogens is 1. The van der Waals surface area contributed by atoms with Crippen molar-refractivity contribution in [1.82, 2.24) is 15.2 Å². The Bertz CT molecular complexity index is 1160. The molecule has 6 rings (SSSR count). The number of hydrogen-bond donors (Lipinski definition) is 1. The van der Waals surface area contributed by atoms with Crippen molar-refractivity contribution in [3.05, 3.63) is 58.9 Å². The Morgan fingerprint density at radius 2 is 1.92 bits per heavy atom. The Hall–Kier alpha value is -3.08. The molecule has 2 aromatic carbocycles. The van der Waals surface area contributed by atoms with Crippen LogP contribution in [-0.4, -0.2) is 22.0 Å². The molecule has 1 aliphatic carbocycles. The summed E-state index contributed by atoms with van der Waals surface area (Å²) in [6, 6.07) is 10.3. The fourth-order valence-corrected chi connectivity index (χ4v) is 3.97. The van der Waals surface area contributed by atoms with Crippen molar-refractivity contribution < 1.29 is 9.47 Å². The van der Waals surface area contributed by atoms with Crippen LogP contribution in [0.1, 0.15) is 22.4 Å². The van der Waals surface area contributed by atoms with Crippen LogP contribution < -0.4 is 9.47 Å². The van der Waals surface area contributed by atoms with E-state index in [4.69, 9.17) is 14.5 Å². The molecule has 0 amide bonds. The fourth-order valence-electron chi connectivity index (χ4n) is 3.97. The van der Waals surface area contributed by atoms with Crippen LogP contribution in [0.4, 0.5) is 0 Å². The van der Waals surface area contributed by atoms with Crippen LogP contribution in [-0.2, 0) is 19.3 Å². The second-order valence-electron chi connectivity index (χ2n) is 6.67. The number of ether oxygens (including phenoxy) is 2. The molecule has 0 unspecified atom stereocenters. The van der Waals surface area contributed by atoms with Gasteiger partial charge in [-0.25, -0.2) is 0 Å². The first-order chi connectivity index (χ1) is 12.4. The molecule has 1 aliphatic heterocycles. The van der Waals surface area contributed by atoms with Crippen molar-refractivity contribution in [2.45, 2.75) is 19.3 Å². The maximum atomic E-state index is 5.50. The second kappa shape index (κ2) is 4.72. The molecule has 0 saturated heterocycles. The topological polar surface area (TPSA) is 60.0 Å². The highest BCUT2D eigenvalue weighted by molar-refractivity contribution is 6.06. The van der Waals surface area contributed by atoms with Crippen LogP contribution >= 0.6 is 0 Å². The normalized spacial score (nSPS) is 14.7. The van der Waals surface area contributed by atoms with Gasteiger partial charge in [0.15, 0.2) is 11.5 Å². The van der Waals surface area contributed by atoms with Gasteiger partial charge in [0.25, 0.3) is 0 Å². The molecule has 3 heterocycles. The van der Waals surface area contributed by atoms with E-state index in [2.05, 4.69) is 34.5 Å². The molecule has 2 aromatic heterocycles. The maximum Gasteiger partial charge on any atom is 0.231 e. The van der Waals surface area contributed by atoms with E-state index in [0.717, 1.165) is 47.2 Å². The Morgan fingerprint density at radius 1 is 1.00 bits per heavy atom. The number of hydrogen-bond acceptors (Lipinski definition) is 4. The molecule has 0 radical (unpaired) electrons. The zero-order valence-electron chi connectivity index (χ0n) is 13.5. The highest BCUT2D eigenvalue weighted by Crippen LogP contribution is 2.38. The van der Waals surface area contributed by atoms with Gasteiger partial charge in [-0.2, -0.15) is 5.10 Å². The summed E-state index contributed by atoms with van der Waals surface area (Å²) in [4.78, 5) is 4.99. The molecule has 1 N–H and O–H groups in total. The second-order valence-corrected chi connectivity index (χ2v) is 6.67. The summed E-state index contributed by atoms with van der Waals surface area (Å²) in [5, 5.41) is 9.72. The number of fused-ring (bicyclic) bond motifs is 6. The van der Waals surface area contributed by atoms with Crippen molar-refractivity contribution >= 4 is 21.8 Å². The summed E-state index contributed by atoms with van der Waals surface area (Å²) in [6.45, 7) is 0.308. The van der Waals surface area contributed by atoms with Gasteiger partial charge in [-0.1, -0.05) is 6.07 Å². The van der Waals surface area contributed by atoms with Gasteiger partial charge in [-0.3, -0.25) is 10.1 Å². The van der Waals surface area contributed by atoms with Gasteiger partial charge >= 0.3 is 0 Å². The minimum atomic E-state index is 0.308. The van der Waals surface area contributed by atoms with E-state index in [0.29, 0.717) is 6.79 Å². The van der Waals surface area contributed by atoms with Crippen LogP contribution in [0.15, 0.2) is 36.5 Å². The summed E-state index contributed by atoms with van der Waals surface area (Å²) in [5.41, 5.74) is 7.35. The Morgan fingerprint density at radius 3 is 2.84 bits per heavy atom. The molecule has 0 atom stereocenters. The quantitative estimate of drug-likeness (QED) is 0.611. The lowest BCUT2D eigenvalue weighted by molar-refractivity contribution is 0.174. The van der Waals surface area contributed by atoms with Crippen molar-refractivity contribution in [2.24, 2.45) is 0 Å². The van der Waals surface area contributed by atoms with E-state index in [1.807, 2.05) is 12.3 Å². The molecular weight excluding hydrogens is 314 g/mol. The zero-order chi connectivity index (χ0) is 16.4. The lowest BCUT2D eigenvalue weighted by atomic mass is 9.82. The van der Waals surface area contributed by atoms with Gasteiger partial charge in [-0.15, -0.1) is 0 Å². The Kier molecular flexibility index (Phi) is 2.50. The molecule has 0 saturated carbocycles.